The van der Waals surface area contributed by atoms with Crippen molar-refractivity contribution in [3.8, 4) is 11.5 Å². The van der Waals surface area contributed by atoms with Crippen LogP contribution in [0.1, 0.15) is 5.56 Å². The Hall–Kier alpha value is -2.69. The Kier molecular flexibility index (Phi) is 2.52. The van der Waals surface area contributed by atoms with Crippen LogP contribution in [0.3, 0.4) is 0 Å². The van der Waals surface area contributed by atoms with Gasteiger partial charge in [-0.3, -0.25) is 4.57 Å². The molecule has 5 heteroatoms. The summed E-state index contributed by atoms with van der Waals surface area (Å²) in [5, 5.41) is 19.1. The third-order valence-corrected chi connectivity index (χ3v) is 3.08. The molecule has 0 saturated heterocycles. The fourth-order valence-electron chi connectivity index (χ4n) is 2.12. The Labute approximate surface area is 108 Å². The first-order valence-electron chi connectivity index (χ1n) is 5.83. The van der Waals surface area contributed by atoms with Crippen LogP contribution in [-0.2, 0) is 6.54 Å². The highest BCUT2D eigenvalue weighted by molar-refractivity contribution is 5.77. The molecule has 0 unspecified atom stereocenters. The Balaban J connectivity index is 2.13. The summed E-state index contributed by atoms with van der Waals surface area (Å²) < 4.78 is 1.52. The summed E-state index contributed by atoms with van der Waals surface area (Å²) in [6, 6.07) is 11.6. The number of hydrogen-bond acceptors (Lipinski definition) is 3. The number of nitrogens with one attached hydrogen (secondary N) is 1. The van der Waals surface area contributed by atoms with Gasteiger partial charge in [-0.15, -0.1) is 0 Å². The van der Waals surface area contributed by atoms with E-state index in [1.807, 2.05) is 0 Å². The predicted molar refractivity (Wildman–Crippen MR) is 71.4 cm³/mol. The van der Waals surface area contributed by atoms with Crippen LogP contribution in [-0.4, -0.2) is 19.8 Å². The number of para-hydroxylation sites is 1. The van der Waals surface area contributed by atoms with Crippen LogP contribution in [0.4, 0.5) is 0 Å². The van der Waals surface area contributed by atoms with Crippen molar-refractivity contribution in [2.45, 2.75) is 6.54 Å². The van der Waals surface area contributed by atoms with Gasteiger partial charge >= 0.3 is 5.69 Å². The number of aromatic hydroxyl groups is 2. The number of aromatic nitrogens is 2. The molecule has 0 saturated carbocycles. The summed E-state index contributed by atoms with van der Waals surface area (Å²) in [5.74, 6) is 0.256. The second kappa shape index (κ2) is 4.20. The number of nitrogens with zero attached hydrogens (tertiary/aromatic N) is 1. The Morgan fingerprint density at radius 3 is 2.68 bits per heavy atom. The smallest absolute Gasteiger partial charge is 0.326 e. The van der Waals surface area contributed by atoms with E-state index in [9.17, 15) is 15.0 Å². The number of hydrogen-bond donors (Lipinski definition) is 3. The van der Waals surface area contributed by atoms with Crippen LogP contribution >= 0.6 is 0 Å². The largest absolute Gasteiger partial charge is 0.508 e. The zero-order valence-corrected chi connectivity index (χ0v) is 10.00. The number of benzene rings is 2. The van der Waals surface area contributed by atoms with E-state index in [4.69, 9.17) is 0 Å². The molecule has 0 amide bonds. The average molecular weight is 256 g/mol. The number of phenols is 2. The van der Waals surface area contributed by atoms with Gasteiger partial charge < -0.3 is 15.2 Å². The molecule has 1 heterocycles. The molecule has 3 aromatic rings. The van der Waals surface area contributed by atoms with E-state index in [1.165, 1.54) is 16.7 Å². The number of aromatic amines is 1. The lowest BCUT2D eigenvalue weighted by Gasteiger charge is -2.05. The molecule has 1 aromatic heterocycles. The number of fused-ring (bicyclic) bond motifs is 1. The van der Waals surface area contributed by atoms with E-state index < -0.39 is 0 Å². The standard InChI is InChI=1S/C14H12N2O3/c17-10-5-6-12-11(7-10)15-14(19)16(12)8-9-3-1-2-4-13(9)18/h1-7,17-18H,8H2,(H,15,19). The van der Waals surface area contributed by atoms with Crippen molar-refractivity contribution in [1.82, 2.24) is 9.55 Å². The maximum absolute atomic E-state index is 11.9. The van der Waals surface area contributed by atoms with Crippen molar-refractivity contribution in [3.05, 3.63) is 58.5 Å². The molecule has 0 aliphatic rings. The monoisotopic (exact) mass is 256 g/mol. The van der Waals surface area contributed by atoms with E-state index >= 15 is 0 Å². The molecule has 0 atom stereocenters. The van der Waals surface area contributed by atoms with Crippen molar-refractivity contribution in [1.29, 1.82) is 0 Å². The first-order chi connectivity index (χ1) is 9.15. The molecule has 2 aromatic carbocycles. The first-order valence-corrected chi connectivity index (χ1v) is 5.83. The molecule has 0 aliphatic heterocycles. The van der Waals surface area contributed by atoms with Crippen molar-refractivity contribution < 1.29 is 10.2 Å². The number of imidazole rings is 1. The van der Waals surface area contributed by atoms with Gasteiger partial charge in [0.1, 0.15) is 11.5 Å². The van der Waals surface area contributed by atoms with Crippen LogP contribution in [0, 0.1) is 0 Å². The topological polar surface area (TPSA) is 78.2 Å². The van der Waals surface area contributed by atoms with Gasteiger partial charge in [0, 0.05) is 11.6 Å². The van der Waals surface area contributed by atoms with Gasteiger partial charge in [-0.05, 0) is 18.2 Å². The summed E-state index contributed by atoms with van der Waals surface area (Å²) in [4.78, 5) is 14.6. The highest BCUT2D eigenvalue weighted by Gasteiger charge is 2.09. The maximum atomic E-state index is 11.9. The van der Waals surface area contributed by atoms with Gasteiger partial charge in [-0.25, -0.2) is 4.79 Å². The second-order valence-electron chi connectivity index (χ2n) is 4.35. The summed E-state index contributed by atoms with van der Waals surface area (Å²) in [5.41, 5.74) is 1.65. The van der Waals surface area contributed by atoms with E-state index in [-0.39, 0.29) is 23.7 Å². The first kappa shape index (κ1) is 11.4. The minimum absolute atomic E-state index is 0.100. The van der Waals surface area contributed by atoms with E-state index in [0.717, 1.165) is 0 Å². The fraction of sp³-hybridized carbons (Fsp3) is 0.0714. The van der Waals surface area contributed by atoms with Crippen molar-refractivity contribution in [3.63, 3.8) is 0 Å². The van der Waals surface area contributed by atoms with Gasteiger partial charge in [0.15, 0.2) is 0 Å². The fourth-order valence-corrected chi connectivity index (χ4v) is 2.12. The normalized spacial score (nSPS) is 10.9. The molecule has 0 radical (unpaired) electrons. The number of phenolic OH excluding ortho intramolecular Hbond substituents is 2. The van der Waals surface area contributed by atoms with Crippen molar-refractivity contribution >= 4 is 11.0 Å². The van der Waals surface area contributed by atoms with Gasteiger partial charge in [-0.1, -0.05) is 18.2 Å². The second-order valence-corrected chi connectivity index (χ2v) is 4.35. The highest BCUT2D eigenvalue weighted by atomic mass is 16.3. The predicted octanol–water partition coefficient (Wildman–Crippen LogP) is 1.79. The van der Waals surface area contributed by atoms with Gasteiger partial charge in [0.25, 0.3) is 0 Å². The third-order valence-electron chi connectivity index (χ3n) is 3.08. The molecule has 3 rings (SSSR count). The Bertz CT molecular complexity index is 802. The Morgan fingerprint density at radius 1 is 1.11 bits per heavy atom. The molecule has 0 aliphatic carbocycles. The van der Waals surface area contributed by atoms with E-state index in [1.54, 1.807) is 30.3 Å². The quantitative estimate of drug-likeness (QED) is 0.654. The molecule has 0 fully saturated rings. The summed E-state index contributed by atoms with van der Waals surface area (Å²) in [6.45, 7) is 0.274. The molecule has 19 heavy (non-hydrogen) atoms. The van der Waals surface area contributed by atoms with Crippen molar-refractivity contribution in [2.24, 2.45) is 0 Å². The number of rotatable bonds is 2. The molecule has 0 spiro atoms. The lowest BCUT2D eigenvalue weighted by molar-refractivity contribution is 0.466. The van der Waals surface area contributed by atoms with Gasteiger partial charge in [0.2, 0.25) is 0 Å². The third kappa shape index (κ3) is 1.95. The van der Waals surface area contributed by atoms with Crippen LogP contribution < -0.4 is 5.69 Å². The summed E-state index contributed by atoms with van der Waals surface area (Å²) >= 11 is 0. The zero-order valence-electron chi connectivity index (χ0n) is 10.00. The van der Waals surface area contributed by atoms with E-state index in [0.29, 0.717) is 16.6 Å². The molecule has 5 nitrogen and oxygen atoms in total. The van der Waals surface area contributed by atoms with Crippen LogP contribution in [0.5, 0.6) is 11.5 Å². The van der Waals surface area contributed by atoms with Crippen LogP contribution in [0.2, 0.25) is 0 Å². The molecule has 96 valence electrons. The van der Waals surface area contributed by atoms with E-state index in [2.05, 4.69) is 4.98 Å². The van der Waals surface area contributed by atoms with Gasteiger partial charge in [0.05, 0.1) is 17.6 Å². The lowest BCUT2D eigenvalue weighted by atomic mass is 10.2. The molecule has 3 N–H and O–H groups in total. The summed E-state index contributed by atoms with van der Waals surface area (Å²) in [6.07, 6.45) is 0. The molecular formula is C14H12N2O3. The minimum atomic E-state index is -0.274. The summed E-state index contributed by atoms with van der Waals surface area (Å²) in [7, 11) is 0. The maximum Gasteiger partial charge on any atom is 0.326 e. The molecule has 0 bridgehead atoms. The minimum Gasteiger partial charge on any atom is -0.508 e. The highest BCUT2D eigenvalue weighted by Crippen LogP contribution is 2.20. The van der Waals surface area contributed by atoms with Crippen molar-refractivity contribution in [2.75, 3.05) is 0 Å². The van der Waals surface area contributed by atoms with Gasteiger partial charge in [-0.2, -0.15) is 0 Å². The zero-order chi connectivity index (χ0) is 13.4. The number of H-pyrrole nitrogens is 1. The van der Waals surface area contributed by atoms with Crippen LogP contribution in [0.25, 0.3) is 11.0 Å². The Morgan fingerprint density at radius 2 is 1.89 bits per heavy atom. The lowest BCUT2D eigenvalue weighted by Crippen LogP contribution is -2.17. The van der Waals surface area contributed by atoms with Crippen LogP contribution in [0.15, 0.2) is 47.3 Å². The molecular weight excluding hydrogens is 244 g/mol. The average Bonchev–Trinajstić information content (AvgIpc) is 2.68. The SMILES string of the molecule is O=c1[nH]c2cc(O)ccc2n1Cc1ccccc1O.